The molecule has 0 heterocycles. The summed E-state index contributed by atoms with van der Waals surface area (Å²) in [6, 6.07) is 13.3. The zero-order chi connectivity index (χ0) is 29.7. The molecule has 0 spiro atoms. The minimum absolute atomic E-state index is 0.0606. The highest BCUT2D eigenvalue weighted by atomic mass is 32.1. The Labute approximate surface area is 245 Å². The van der Waals surface area contributed by atoms with Crippen molar-refractivity contribution in [2.75, 3.05) is 17.6 Å². The molecule has 2 atom stereocenters. The van der Waals surface area contributed by atoms with Crippen molar-refractivity contribution in [1.82, 2.24) is 10.2 Å². The van der Waals surface area contributed by atoms with Crippen LogP contribution in [0.25, 0.3) is 0 Å². The SMILES string of the molecule is CCCCCCCCN(C(=O)C(CS)NC(=O)OC(C)(C)C)C(C(=O)Nc1c(C)cccc1C)c1ccccc1. The molecule has 0 aliphatic carbocycles. The minimum atomic E-state index is -0.961. The largest absolute Gasteiger partial charge is 0.444 e. The van der Waals surface area contributed by atoms with Crippen molar-refractivity contribution >= 4 is 36.2 Å². The first kappa shape index (κ1) is 33.2. The number of benzene rings is 2. The lowest BCUT2D eigenvalue weighted by Crippen LogP contribution is -2.53. The first-order valence-electron chi connectivity index (χ1n) is 14.3. The summed E-state index contributed by atoms with van der Waals surface area (Å²) in [5.74, 6) is -0.622. The third-order valence-electron chi connectivity index (χ3n) is 6.61. The molecule has 2 aromatic rings. The number of aryl methyl sites for hydroxylation is 2. The van der Waals surface area contributed by atoms with Gasteiger partial charge < -0.3 is 20.3 Å². The van der Waals surface area contributed by atoms with Gasteiger partial charge in [0.25, 0.3) is 5.91 Å². The standard InChI is InChI=1S/C32H47N3O4S/c1-7-8-9-10-11-15-21-35(30(37)26(22-40)33-31(38)39-32(4,5)6)28(25-19-13-12-14-20-25)29(36)34-27-23(2)17-16-18-24(27)3/h12-14,16-20,26,28,40H,7-11,15,21-22H2,1-6H3,(H,33,38)(H,34,36). The van der Waals surface area contributed by atoms with Crippen molar-refractivity contribution in [2.45, 2.75) is 97.8 Å². The minimum Gasteiger partial charge on any atom is -0.444 e. The van der Waals surface area contributed by atoms with Crippen LogP contribution in [0.15, 0.2) is 48.5 Å². The van der Waals surface area contributed by atoms with Gasteiger partial charge in [0.05, 0.1) is 0 Å². The molecule has 0 saturated carbocycles. The second-order valence-corrected chi connectivity index (χ2v) is 11.6. The molecule has 0 radical (unpaired) electrons. The Morgan fingerprint density at radius 3 is 2.08 bits per heavy atom. The number of nitrogens with one attached hydrogen (secondary N) is 2. The number of anilines is 1. The number of unbranched alkanes of at least 4 members (excludes halogenated alkanes) is 5. The van der Waals surface area contributed by atoms with E-state index in [0.29, 0.717) is 12.1 Å². The molecule has 0 aromatic heterocycles. The Morgan fingerprint density at radius 1 is 0.900 bits per heavy atom. The van der Waals surface area contributed by atoms with Gasteiger partial charge in [-0.05, 0) is 57.7 Å². The molecule has 3 amide bonds. The third-order valence-corrected chi connectivity index (χ3v) is 6.98. The molecule has 40 heavy (non-hydrogen) atoms. The molecule has 0 aliphatic rings. The summed E-state index contributed by atoms with van der Waals surface area (Å²) in [6.07, 6.45) is 5.51. The monoisotopic (exact) mass is 569 g/mol. The van der Waals surface area contributed by atoms with E-state index in [-0.39, 0.29) is 17.6 Å². The lowest BCUT2D eigenvalue weighted by Gasteiger charge is -2.34. The van der Waals surface area contributed by atoms with Gasteiger partial charge in [0.1, 0.15) is 17.7 Å². The van der Waals surface area contributed by atoms with E-state index in [2.05, 4.69) is 30.2 Å². The molecule has 2 unspecified atom stereocenters. The molecular weight excluding hydrogens is 522 g/mol. The number of hydrogen-bond acceptors (Lipinski definition) is 5. The summed E-state index contributed by atoms with van der Waals surface area (Å²) in [4.78, 5) is 42.3. The van der Waals surface area contributed by atoms with Gasteiger partial charge >= 0.3 is 6.09 Å². The van der Waals surface area contributed by atoms with E-state index in [0.717, 1.165) is 48.9 Å². The second-order valence-electron chi connectivity index (χ2n) is 11.3. The number of nitrogens with zero attached hydrogens (tertiary/aromatic N) is 1. The number of ether oxygens (including phenoxy) is 1. The van der Waals surface area contributed by atoms with Gasteiger partial charge in [0.15, 0.2) is 0 Å². The Hall–Kier alpha value is -3.00. The van der Waals surface area contributed by atoms with E-state index in [9.17, 15) is 14.4 Å². The number of carbonyl (C=O) groups excluding carboxylic acids is 3. The summed E-state index contributed by atoms with van der Waals surface area (Å²) < 4.78 is 5.40. The number of carbonyl (C=O) groups is 3. The van der Waals surface area contributed by atoms with Gasteiger partial charge in [-0.2, -0.15) is 12.6 Å². The van der Waals surface area contributed by atoms with E-state index in [4.69, 9.17) is 4.74 Å². The molecule has 2 N–H and O–H groups in total. The van der Waals surface area contributed by atoms with E-state index in [1.165, 1.54) is 6.42 Å². The lowest BCUT2D eigenvalue weighted by atomic mass is 10.0. The topological polar surface area (TPSA) is 87.7 Å². The fraction of sp³-hybridized carbons (Fsp3) is 0.531. The van der Waals surface area contributed by atoms with E-state index >= 15 is 0 Å². The lowest BCUT2D eigenvalue weighted by molar-refractivity contribution is -0.140. The highest BCUT2D eigenvalue weighted by Crippen LogP contribution is 2.27. The molecule has 2 aromatic carbocycles. The summed E-state index contributed by atoms with van der Waals surface area (Å²) in [5.41, 5.74) is 2.59. The van der Waals surface area contributed by atoms with Gasteiger partial charge in [0.2, 0.25) is 5.91 Å². The maximum atomic E-state index is 14.1. The molecule has 0 bridgehead atoms. The first-order chi connectivity index (χ1) is 19.0. The molecule has 8 heteroatoms. The third kappa shape index (κ3) is 10.5. The zero-order valence-electron chi connectivity index (χ0n) is 25.0. The highest BCUT2D eigenvalue weighted by molar-refractivity contribution is 7.80. The normalized spacial score (nSPS) is 12.8. The van der Waals surface area contributed by atoms with Crippen molar-refractivity contribution < 1.29 is 19.1 Å². The van der Waals surface area contributed by atoms with Crippen LogP contribution in [-0.2, 0) is 14.3 Å². The fourth-order valence-electron chi connectivity index (χ4n) is 4.58. The van der Waals surface area contributed by atoms with Crippen LogP contribution >= 0.6 is 12.6 Å². The van der Waals surface area contributed by atoms with Gasteiger partial charge in [-0.3, -0.25) is 9.59 Å². The average Bonchev–Trinajstić information content (AvgIpc) is 2.89. The van der Waals surface area contributed by atoms with Crippen LogP contribution in [0.3, 0.4) is 0 Å². The second kappa shape index (κ2) is 16.3. The molecule has 0 saturated heterocycles. The predicted molar refractivity (Wildman–Crippen MR) is 166 cm³/mol. The van der Waals surface area contributed by atoms with E-state index in [1.807, 2.05) is 62.4 Å². The van der Waals surface area contributed by atoms with Crippen molar-refractivity contribution in [3.05, 3.63) is 65.2 Å². The molecule has 220 valence electrons. The molecule has 0 fully saturated rings. The molecule has 2 rings (SSSR count). The summed E-state index contributed by atoms with van der Waals surface area (Å²) >= 11 is 4.38. The van der Waals surface area contributed by atoms with Crippen LogP contribution in [0.5, 0.6) is 0 Å². The summed E-state index contributed by atoms with van der Waals surface area (Å²) in [5, 5.41) is 5.77. The van der Waals surface area contributed by atoms with Crippen molar-refractivity contribution in [1.29, 1.82) is 0 Å². The maximum Gasteiger partial charge on any atom is 0.408 e. The van der Waals surface area contributed by atoms with Crippen LogP contribution in [0.4, 0.5) is 10.5 Å². The Bertz CT molecular complexity index is 1080. The first-order valence-corrected chi connectivity index (χ1v) is 14.9. The fourth-order valence-corrected chi connectivity index (χ4v) is 4.82. The van der Waals surface area contributed by atoms with Gasteiger partial charge in [0, 0.05) is 18.0 Å². The number of amides is 3. The van der Waals surface area contributed by atoms with Crippen LogP contribution < -0.4 is 10.6 Å². The maximum absolute atomic E-state index is 14.1. The van der Waals surface area contributed by atoms with Crippen molar-refractivity contribution in [3.63, 3.8) is 0 Å². The quantitative estimate of drug-likeness (QED) is 0.169. The van der Waals surface area contributed by atoms with Crippen molar-refractivity contribution in [3.8, 4) is 0 Å². The molecular formula is C32H47N3O4S. The summed E-state index contributed by atoms with van der Waals surface area (Å²) in [6.45, 7) is 11.7. The van der Waals surface area contributed by atoms with Crippen LogP contribution in [0.2, 0.25) is 0 Å². The van der Waals surface area contributed by atoms with Gasteiger partial charge in [-0.15, -0.1) is 0 Å². The molecule has 0 aliphatic heterocycles. The highest BCUT2D eigenvalue weighted by Gasteiger charge is 2.36. The molecule has 7 nitrogen and oxygen atoms in total. The Morgan fingerprint density at radius 2 is 1.50 bits per heavy atom. The summed E-state index contributed by atoms with van der Waals surface area (Å²) in [7, 11) is 0. The average molecular weight is 570 g/mol. The smallest absolute Gasteiger partial charge is 0.408 e. The zero-order valence-corrected chi connectivity index (χ0v) is 25.9. The van der Waals surface area contributed by atoms with Gasteiger partial charge in [-0.1, -0.05) is 87.6 Å². The number of hydrogen-bond donors (Lipinski definition) is 3. The van der Waals surface area contributed by atoms with Crippen LogP contribution in [0.1, 0.15) is 89.0 Å². The Kier molecular flexibility index (Phi) is 13.5. The van der Waals surface area contributed by atoms with Crippen molar-refractivity contribution in [2.24, 2.45) is 0 Å². The number of alkyl carbamates (subject to hydrolysis) is 1. The predicted octanol–water partition coefficient (Wildman–Crippen LogP) is 7.00. The van der Waals surface area contributed by atoms with E-state index in [1.54, 1.807) is 25.7 Å². The van der Waals surface area contributed by atoms with E-state index < -0.39 is 23.8 Å². The van der Waals surface area contributed by atoms with Gasteiger partial charge in [-0.25, -0.2) is 4.79 Å². The van der Waals surface area contributed by atoms with Crippen LogP contribution in [0, 0.1) is 13.8 Å². The number of rotatable bonds is 14. The Balaban J connectivity index is 2.43. The van der Waals surface area contributed by atoms with Crippen LogP contribution in [-0.4, -0.2) is 46.7 Å². The number of para-hydroxylation sites is 1. The number of thiol groups is 1.